The Labute approximate surface area is 203 Å². The average molecular weight is 474 g/mol. The molecule has 0 bridgehead atoms. The third-order valence-electron chi connectivity index (χ3n) is 6.13. The van der Waals surface area contributed by atoms with E-state index in [9.17, 15) is 14.0 Å². The molecule has 0 radical (unpaired) electrons. The summed E-state index contributed by atoms with van der Waals surface area (Å²) >= 11 is 0. The van der Waals surface area contributed by atoms with E-state index in [4.69, 9.17) is 9.72 Å². The van der Waals surface area contributed by atoms with Gasteiger partial charge in [0.25, 0.3) is 11.5 Å². The number of hydrogen-bond acceptors (Lipinski definition) is 4. The Morgan fingerprint density at radius 3 is 2.40 bits per heavy atom. The highest BCUT2D eigenvalue weighted by atomic mass is 19.1. The van der Waals surface area contributed by atoms with Crippen LogP contribution in [0.4, 0.5) is 4.39 Å². The summed E-state index contributed by atoms with van der Waals surface area (Å²) in [6.07, 6.45) is 0.880. The Morgan fingerprint density at radius 2 is 1.74 bits per heavy atom. The van der Waals surface area contributed by atoms with Crippen LogP contribution in [0, 0.1) is 5.82 Å². The van der Waals surface area contributed by atoms with Crippen LogP contribution in [0.15, 0.2) is 77.6 Å². The second kappa shape index (κ2) is 10.6. The molecule has 0 saturated heterocycles. The van der Waals surface area contributed by atoms with Crippen molar-refractivity contribution in [1.82, 2.24) is 14.5 Å². The fraction of sp³-hybridized carbons (Fsp3) is 0.250. The molecule has 0 aliphatic heterocycles. The minimum Gasteiger partial charge on any atom is -0.383 e. The molecule has 1 amide bonds. The van der Waals surface area contributed by atoms with Crippen LogP contribution in [0.3, 0.4) is 0 Å². The molecule has 4 rings (SSSR count). The van der Waals surface area contributed by atoms with E-state index in [1.54, 1.807) is 28.7 Å². The van der Waals surface area contributed by atoms with Gasteiger partial charge in [0.2, 0.25) is 0 Å². The molecule has 4 aromatic rings. The Kier molecular flexibility index (Phi) is 7.36. The number of aryl methyl sites for hydroxylation is 1. The summed E-state index contributed by atoms with van der Waals surface area (Å²) in [5.74, 6) is -0.284. The Bertz CT molecular complexity index is 1380. The highest BCUT2D eigenvalue weighted by molar-refractivity contribution is 5.94. The molecule has 0 saturated carbocycles. The van der Waals surface area contributed by atoms with Crippen LogP contribution >= 0.6 is 0 Å². The van der Waals surface area contributed by atoms with Crippen LogP contribution in [-0.4, -0.2) is 40.6 Å². The number of amides is 1. The number of halogens is 1. The quantitative estimate of drug-likeness (QED) is 0.364. The molecule has 1 unspecified atom stereocenters. The molecule has 1 atom stereocenters. The van der Waals surface area contributed by atoms with Crippen LogP contribution < -0.4 is 5.56 Å². The molecule has 0 aliphatic rings. The van der Waals surface area contributed by atoms with Gasteiger partial charge in [-0.3, -0.25) is 14.2 Å². The lowest BCUT2D eigenvalue weighted by Gasteiger charge is -2.30. The molecule has 1 aromatic heterocycles. The minimum atomic E-state index is -0.578. The monoisotopic (exact) mass is 473 g/mol. The van der Waals surface area contributed by atoms with E-state index in [0.717, 1.165) is 12.0 Å². The average Bonchev–Trinajstić information content (AvgIpc) is 2.89. The predicted molar refractivity (Wildman–Crippen MR) is 134 cm³/mol. The second-order valence-electron chi connectivity index (χ2n) is 8.32. The first-order chi connectivity index (χ1) is 16.9. The molecule has 180 valence electrons. The smallest absolute Gasteiger partial charge is 0.266 e. The van der Waals surface area contributed by atoms with Gasteiger partial charge in [0.05, 0.1) is 29.2 Å². The maximum absolute atomic E-state index is 13.7. The van der Waals surface area contributed by atoms with Crippen molar-refractivity contribution in [2.24, 2.45) is 0 Å². The number of aromatic nitrogens is 2. The Balaban J connectivity index is 1.88. The van der Waals surface area contributed by atoms with E-state index in [-0.39, 0.29) is 18.0 Å². The first-order valence-corrected chi connectivity index (χ1v) is 11.6. The topological polar surface area (TPSA) is 64.4 Å². The highest BCUT2D eigenvalue weighted by Crippen LogP contribution is 2.25. The first-order valence-electron chi connectivity index (χ1n) is 11.6. The minimum absolute atomic E-state index is 0.206. The summed E-state index contributed by atoms with van der Waals surface area (Å²) in [6.45, 7) is 4.47. The van der Waals surface area contributed by atoms with Crippen molar-refractivity contribution in [2.45, 2.75) is 26.3 Å². The molecule has 0 N–H and O–H groups in total. The van der Waals surface area contributed by atoms with Crippen molar-refractivity contribution in [2.75, 3.05) is 20.3 Å². The molecule has 35 heavy (non-hydrogen) atoms. The number of benzene rings is 3. The lowest BCUT2D eigenvalue weighted by atomic mass is 10.1. The standard InChI is InChI=1S/C28H28FN3O3/c1-4-20-9-15-23(16-10-20)32-26(30-25-8-6-5-7-24(25)28(32)34)19(2)31(17-18-35-3)27(33)21-11-13-22(29)14-12-21/h5-16,19H,4,17-18H2,1-3H3. The van der Waals surface area contributed by atoms with E-state index in [0.29, 0.717) is 34.6 Å². The number of carbonyl (C=O) groups excluding carboxylic acids is 1. The van der Waals surface area contributed by atoms with Gasteiger partial charge in [-0.25, -0.2) is 9.37 Å². The summed E-state index contributed by atoms with van der Waals surface area (Å²) in [4.78, 5) is 33.6. The van der Waals surface area contributed by atoms with Crippen molar-refractivity contribution >= 4 is 16.8 Å². The van der Waals surface area contributed by atoms with Gasteiger partial charge < -0.3 is 9.64 Å². The van der Waals surface area contributed by atoms with Crippen molar-refractivity contribution in [3.05, 3.63) is 106 Å². The fourth-order valence-electron chi connectivity index (χ4n) is 4.12. The number of methoxy groups -OCH3 is 1. The zero-order valence-corrected chi connectivity index (χ0v) is 20.1. The van der Waals surface area contributed by atoms with Gasteiger partial charge in [-0.1, -0.05) is 31.2 Å². The third kappa shape index (κ3) is 5.00. The van der Waals surface area contributed by atoms with Crippen molar-refractivity contribution in [1.29, 1.82) is 0 Å². The van der Waals surface area contributed by atoms with Crippen LogP contribution in [0.1, 0.15) is 41.6 Å². The van der Waals surface area contributed by atoms with Crippen LogP contribution in [0.5, 0.6) is 0 Å². The summed E-state index contributed by atoms with van der Waals surface area (Å²) in [5.41, 5.74) is 2.52. The first kappa shape index (κ1) is 24.3. The Hall–Kier alpha value is -3.84. The summed E-state index contributed by atoms with van der Waals surface area (Å²) in [7, 11) is 1.56. The van der Waals surface area contributed by atoms with Gasteiger partial charge in [0.1, 0.15) is 11.6 Å². The van der Waals surface area contributed by atoms with Gasteiger partial charge in [0, 0.05) is 19.2 Å². The van der Waals surface area contributed by atoms with Crippen molar-refractivity contribution in [3.63, 3.8) is 0 Å². The van der Waals surface area contributed by atoms with Gasteiger partial charge in [-0.2, -0.15) is 0 Å². The van der Waals surface area contributed by atoms with Crippen LogP contribution in [-0.2, 0) is 11.2 Å². The third-order valence-corrected chi connectivity index (χ3v) is 6.13. The zero-order chi connectivity index (χ0) is 24.9. The molecule has 0 spiro atoms. The number of ether oxygens (including phenoxy) is 1. The number of fused-ring (bicyclic) bond motifs is 1. The lowest BCUT2D eigenvalue weighted by molar-refractivity contribution is 0.0605. The number of carbonyl (C=O) groups is 1. The van der Waals surface area contributed by atoms with Crippen molar-refractivity contribution < 1.29 is 13.9 Å². The lowest BCUT2D eigenvalue weighted by Crippen LogP contribution is -2.39. The molecule has 0 fully saturated rings. The van der Waals surface area contributed by atoms with Crippen LogP contribution in [0.2, 0.25) is 0 Å². The summed E-state index contributed by atoms with van der Waals surface area (Å²) < 4.78 is 20.3. The number of nitrogens with zero attached hydrogens (tertiary/aromatic N) is 3. The van der Waals surface area contributed by atoms with Gasteiger partial charge in [-0.05, 0) is 67.4 Å². The van der Waals surface area contributed by atoms with E-state index in [1.807, 2.05) is 43.3 Å². The predicted octanol–water partition coefficient (Wildman–Crippen LogP) is 4.94. The normalized spacial score (nSPS) is 12.0. The van der Waals surface area contributed by atoms with Gasteiger partial charge in [0.15, 0.2) is 0 Å². The van der Waals surface area contributed by atoms with E-state index in [1.165, 1.54) is 24.3 Å². The largest absolute Gasteiger partial charge is 0.383 e. The van der Waals surface area contributed by atoms with Crippen molar-refractivity contribution in [3.8, 4) is 5.69 Å². The molecule has 3 aromatic carbocycles. The van der Waals surface area contributed by atoms with E-state index >= 15 is 0 Å². The maximum atomic E-state index is 13.7. The summed E-state index contributed by atoms with van der Waals surface area (Å²) in [5, 5.41) is 0.497. The molecular weight excluding hydrogens is 445 g/mol. The van der Waals surface area contributed by atoms with E-state index in [2.05, 4.69) is 6.92 Å². The highest BCUT2D eigenvalue weighted by Gasteiger charge is 2.27. The molecule has 1 heterocycles. The second-order valence-corrected chi connectivity index (χ2v) is 8.32. The number of para-hydroxylation sites is 1. The van der Waals surface area contributed by atoms with E-state index < -0.39 is 11.9 Å². The SMILES string of the molecule is CCc1ccc(-n2c(C(C)N(CCOC)C(=O)c3ccc(F)cc3)nc3ccccc3c2=O)cc1. The van der Waals surface area contributed by atoms with Crippen LogP contribution in [0.25, 0.3) is 16.6 Å². The number of rotatable bonds is 8. The number of hydrogen-bond donors (Lipinski definition) is 0. The molecule has 7 heteroatoms. The maximum Gasteiger partial charge on any atom is 0.266 e. The van der Waals surface area contributed by atoms with Gasteiger partial charge in [-0.15, -0.1) is 0 Å². The van der Waals surface area contributed by atoms with Gasteiger partial charge >= 0.3 is 0 Å². The zero-order valence-electron chi connectivity index (χ0n) is 20.1. The molecule has 0 aliphatic carbocycles. The molecular formula is C28H28FN3O3. The molecule has 6 nitrogen and oxygen atoms in total. The summed E-state index contributed by atoms with van der Waals surface area (Å²) in [6, 6.07) is 19.8. The Morgan fingerprint density at radius 1 is 1.06 bits per heavy atom. The fourth-order valence-corrected chi connectivity index (χ4v) is 4.12.